The van der Waals surface area contributed by atoms with Gasteiger partial charge in [0.2, 0.25) is 0 Å². The minimum absolute atomic E-state index is 0.229. The van der Waals surface area contributed by atoms with Crippen LogP contribution in [0.15, 0.2) is 58.8 Å². The van der Waals surface area contributed by atoms with E-state index in [1.165, 1.54) is 17.0 Å². The summed E-state index contributed by atoms with van der Waals surface area (Å²) in [7, 11) is 0. The van der Waals surface area contributed by atoms with Crippen molar-refractivity contribution in [1.82, 2.24) is 4.98 Å². The van der Waals surface area contributed by atoms with Crippen LogP contribution in [0.5, 0.6) is 0 Å². The fourth-order valence-corrected chi connectivity index (χ4v) is 3.13. The SMILES string of the molecule is CSc1ccc(C=Cc2nc(-c3ccc(F)cc3)cs2)cc1. The van der Waals surface area contributed by atoms with E-state index in [0.717, 1.165) is 21.8 Å². The Balaban J connectivity index is 1.75. The molecule has 0 unspecified atom stereocenters. The molecule has 0 atom stereocenters. The molecule has 0 radical (unpaired) electrons. The molecule has 2 aromatic carbocycles. The predicted octanol–water partition coefficient (Wildman–Crippen LogP) is 5.84. The van der Waals surface area contributed by atoms with Crippen LogP contribution in [0.1, 0.15) is 10.6 Å². The minimum atomic E-state index is -0.229. The molecule has 0 bridgehead atoms. The second kappa shape index (κ2) is 6.90. The van der Waals surface area contributed by atoms with Gasteiger partial charge in [0.15, 0.2) is 0 Å². The molecule has 22 heavy (non-hydrogen) atoms. The van der Waals surface area contributed by atoms with Crippen LogP contribution in [0.3, 0.4) is 0 Å². The highest BCUT2D eigenvalue weighted by molar-refractivity contribution is 7.98. The molecule has 0 N–H and O–H groups in total. The van der Waals surface area contributed by atoms with Crippen molar-refractivity contribution in [1.29, 1.82) is 0 Å². The zero-order valence-electron chi connectivity index (χ0n) is 12.0. The number of rotatable bonds is 4. The predicted molar refractivity (Wildman–Crippen MR) is 94.7 cm³/mol. The van der Waals surface area contributed by atoms with Crippen molar-refractivity contribution >= 4 is 35.3 Å². The monoisotopic (exact) mass is 327 g/mol. The standard InChI is InChI=1S/C18H14FNS2/c1-21-16-9-2-13(3-10-16)4-11-18-20-17(12-22-18)14-5-7-15(19)8-6-14/h2-12H,1H3. The number of hydrogen-bond acceptors (Lipinski definition) is 3. The maximum atomic E-state index is 12.9. The number of nitrogens with zero attached hydrogens (tertiary/aromatic N) is 1. The van der Waals surface area contributed by atoms with Gasteiger partial charge in [0, 0.05) is 15.8 Å². The summed E-state index contributed by atoms with van der Waals surface area (Å²) in [6.45, 7) is 0. The highest BCUT2D eigenvalue weighted by atomic mass is 32.2. The first-order chi connectivity index (χ1) is 10.7. The van der Waals surface area contributed by atoms with Gasteiger partial charge in [-0.25, -0.2) is 9.37 Å². The van der Waals surface area contributed by atoms with Crippen molar-refractivity contribution in [2.75, 3.05) is 6.26 Å². The zero-order chi connectivity index (χ0) is 15.4. The van der Waals surface area contributed by atoms with Crippen molar-refractivity contribution in [2.45, 2.75) is 4.90 Å². The maximum Gasteiger partial charge on any atom is 0.123 e. The van der Waals surface area contributed by atoms with Gasteiger partial charge in [0.05, 0.1) is 5.69 Å². The molecule has 0 aliphatic heterocycles. The van der Waals surface area contributed by atoms with Crippen molar-refractivity contribution in [3.05, 3.63) is 70.3 Å². The maximum absolute atomic E-state index is 12.9. The van der Waals surface area contributed by atoms with E-state index in [9.17, 15) is 4.39 Å². The van der Waals surface area contributed by atoms with Gasteiger partial charge in [-0.3, -0.25) is 0 Å². The zero-order valence-corrected chi connectivity index (χ0v) is 13.6. The molecule has 0 spiro atoms. The Morgan fingerprint density at radius 1 is 1.00 bits per heavy atom. The van der Waals surface area contributed by atoms with Crippen molar-refractivity contribution in [3.63, 3.8) is 0 Å². The van der Waals surface area contributed by atoms with Gasteiger partial charge in [-0.05, 0) is 54.3 Å². The lowest BCUT2D eigenvalue weighted by molar-refractivity contribution is 0.628. The summed E-state index contributed by atoms with van der Waals surface area (Å²) in [6, 6.07) is 14.8. The highest BCUT2D eigenvalue weighted by Gasteiger charge is 2.02. The van der Waals surface area contributed by atoms with Crippen LogP contribution in [-0.4, -0.2) is 11.2 Å². The largest absolute Gasteiger partial charge is 0.237 e. The third kappa shape index (κ3) is 3.64. The van der Waals surface area contributed by atoms with Crippen molar-refractivity contribution < 1.29 is 4.39 Å². The van der Waals surface area contributed by atoms with Gasteiger partial charge in [-0.1, -0.05) is 18.2 Å². The normalized spacial score (nSPS) is 11.2. The lowest BCUT2D eigenvalue weighted by Crippen LogP contribution is -1.79. The quantitative estimate of drug-likeness (QED) is 0.558. The number of thioether (sulfide) groups is 1. The summed E-state index contributed by atoms with van der Waals surface area (Å²) in [6.07, 6.45) is 6.13. The molecular weight excluding hydrogens is 313 g/mol. The van der Waals surface area contributed by atoms with Crippen LogP contribution in [0.4, 0.5) is 4.39 Å². The van der Waals surface area contributed by atoms with E-state index in [-0.39, 0.29) is 5.82 Å². The summed E-state index contributed by atoms with van der Waals surface area (Å²) in [4.78, 5) is 5.82. The first-order valence-corrected chi connectivity index (χ1v) is 8.88. The van der Waals surface area contributed by atoms with Crippen molar-refractivity contribution in [2.24, 2.45) is 0 Å². The average molecular weight is 327 g/mol. The number of benzene rings is 2. The second-order valence-electron chi connectivity index (χ2n) is 4.68. The first kappa shape index (κ1) is 15.0. The minimum Gasteiger partial charge on any atom is -0.237 e. The van der Waals surface area contributed by atoms with Gasteiger partial charge in [0.25, 0.3) is 0 Å². The summed E-state index contributed by atoms with van der Waals surface area (Å²) >= 11 is 3.31. The molecule has 0 amide bonds. The molecule has 3 rings (SSSR count). The van der Waals surface area contributed by atoms with Crippen molar-refractivity contribution in [3.8, 4) is 11.3 Å². The fraction of sp³-hybridized carbons (Fsp3) is 0.0556. The Labute approximate surface area is 137 Å². The fourth-order valence-electron chi connectivity index (χ4n) is 2.00. The Bertz CT molecular complexity index is 774. The lowest BCUT2D eigenvalue weighted by atomic mass is 10.2. The number of hydrogen-bond donors (Lipinski definition) is 0. The Morgan fingerprint density at radius 3 is 2.41 bits per heavy atom. The number of thiazole rings is 1. The van der Waals surface area contributed by atoms with Gasteiger partial charge >= 0.3 is 0 Å². The van der Waals surface area contributed by atoms with Crippen LogP contribution in [0, 0.1) is 5.82 Å². The van der Waals surface area contributed by atoms with E-state index in [1.807, 2.05) is 11.5 Å². The van der Waals surface area contributed by atoms with Gasteiger partial charge in [0.1, 0.15) is 10.8 Å². The Morgan fingerprint density at radius 2 is 1.73 bits per heavy atom. The van der Waals surface area contributed by atoms with Crippen LogP contribution in [-0.2, 0) is 0 Å². The molecule has 3 aromatic rings. The third-order valence-corrected chi connectivity index (χ3v) is 4.75. The molecule has 0 aliphatic rings. The van der Waals surface area contributed by atoms with Crippen LogP contribution < -0.4 is 0 Å². The van der Waals surface area contributed by atoms with E-state index in [0.29, 0.717) is 0 Å². The molecule has 0 fully saturated rings. The molecule has 0 aliphatic carbocycles. The number of aromatic nitrogens is 1. The smallest absolute Gasteiger partial charge is 0.123 e. The van der Waals surface area contributed by atoms with E-state index in [4.69, 9.17) is 0 Å². The van der Waals surface area contributed by atoms with E-state index in [1.54, 1.807) is 35.2 Å². The molecule has 110 valence electrons. The average Bonchev–Trinajstić information content (AvgIpc) is 3.03. The molecule has 1 heterocycles. The summed E-state index contributed by atoms with van der Waals surface area (Å²) in [5.41, 5.74) is 2.96. The summed E-state index contributed by atoms with van der Waals surface area (Å²) in [5, 5.41) is 2.93. The summed E-state index contributed by atoms with van der Waals surface area (Å²) < 4.78 is 12.9. The number of halogens is 1. The van der Waals surface area contributed by atoms with Crippen LogP contribution in [0.25, 0.3) is 23.4 Å². The first-order valence-electron chi connectivity index (χ1n) is 6.78. The molecule has 1 aromatic heterocycles. The third-order valence-electron chi connectivity index (χ3n) is 3.20. The van der Waals surface area contributed by atoms with E-state index < -0.39 is 0 Å². The molecule has 4 heteroatoms. The van der Waals surface area contributed by atoms with Crippen LogP contribution >= 0.6 is 23.1 Å². The van der Waals surface area contributed by atoms with Gasteiger partial charge in [-0.2, -0.15) is 0 Å². The topological polar surface area (TPSA) is 12.9 Å². The van der Waals surface area contributed by atoms with Crippen LogP contribution in [0.2, 0.25) is 0 Å². The summed E-state index contributed by atoms with van der Waals surface area (Å²) in [5.74, 6) is -0.229. The van der Waals surface area contributed by atoms with Gasteiger partial charge < -0.3 is 0 Å². The van der Waals surface area contributed by atoms with E-state index >= 15 is 0 Å². The lowest BCUT2D eigenvalue weighted by Gasteiger charge is -1.96. The second-order valence-corrected chi connectivity index (χ2v) is 6.45. The molecule has 1 nitrogen and oxygen atoms in total. The Kier molecular flexibility index (Phi) is 4.71. The van der Waals surface area contributed by atoms with Gasteiger partial charge in [-0.15, -0.1) is 23.1 Å². The molecule has 0 saturated heterocycles. The highest BCUT2D eigenvalue weighted by Crippen LogP contribution is 2.23. The Hall–Kier alpha value is -1.91. The van der Waals surface area contributed by atoms with E-state index in [2.05, 4.69) is 41.6 Å². The molecule has 0 saturated carbocycles. The molecular formula is C18H14FNS2.